The topological polar surface area (TPSA) is 56.3 Å². The van der Waals surface area contributed by atoms with Gasteiger partial charge in [0.05, 0.1) is 6.61 Å². The molecule has 0 bridgehead atoms. The molecule has 0 aliphatic carbocycles. The summed E-state index contributed by atoms with van der Waals surface area (Å²) in [5, 5.41) is 0. The molecule has 0 unspecified atom stereocenters. The Morgan fingerprint density at radius 2 is 1.95 bits per heavy atom. The van der Waals surface area contributed by atoms with Gasteiger partial charge < -0.3 is 4.74 Å². The van der Waals surface area contributed by atoms with Crippen LogP contribution in [0.5, 0.6) is 0 Å². The van der Waals surface area contributed by atoms with Gasteiger partial charge in [-0.2, -0.15) is 0 Å². The van der Waals surface area contributed by atoms with E-state index in [1.165, 1.54) is 0 Å². The Bertz CT molecular complexity index is 553. The lowest BCUT2D eigenvalue weighted by Gasteiger charge is -2.17. The van der Waals surface area contributed by atoms with Crippen LogP contribution in [0.3, 0.4) is 0 Å². The first-order valence-electron chi connectivity index (χ1n) is 7.06. The normalized spacial score (nSPS) is 12.1. The Kier molecular flexibility index (Phi) is 5.82. The van der Waals surface area contributed by atoms with E-state index in [0.29, 0.717) is 0 Å². The van der Waals surface area contributed by atoms with Crippen molar-refractivity contribution in [3.63, 3.8) is 0 Å². The van der Waals surface area contributed by atoms with Gasteiger partial charge in [-0.25, -0.2) is 4.79 Å². The largest absolute Gasteiger partial charge is 0.462 e. The number of carbonyl (C=O) groups is 2. The van der Waals surface area contributed by atoms with E-state index in [0.717, 1.165) is 11.1 Å². The molecular weight excluding hydrogens is 266 g/mol. The van der Waals surface area contributed by atoms with Crippen molar-refractivity contribution in [3.8, 4) is 0 Å². The summed E-state index contributed by atoms with van der Waals surface area (Å²) >= 11 is 0. The highest BCUT2D eigenvalue weighted by molar-refractivity contribution is 6.20. The second-order valence-corrected chi connectivity index (χ2v) is 6.23. The summed E-state index contributed by atoms with van der Waals surface area (Å²) in [5.74, 6) is -0.782. The van der Waals surface area contributed by atoms with Crippen LogP contribution in [0.4, 0.5) is 0 Å². The predicted molar refractivity (Wildman–Crippen MR) is 82.7 cm³/mol. The Morgan fingerprint density at radius 3 is 2.48 bits per heavy atom. The van der Waals surface area contributed by atoms with Crippen LogP contribution in [0.2, 0.25) is 0 Å². The number of carbonyl (C=O) groups excluding carboxylic acids is 2. The van der Waals surface area contributed by atoms with Crippen molar-refractivity contribution in [1.82, 2.24) is 4.98 Å². The summed E-state index contributed by atoms with van der Waals surface area (Å²) in [6.45, 7) is 9.75. The van der Waals surface area contributed by atoms with Crippen molar-refractivity contribution in [2.24, 2.45) is 5.41 Å². The molecule has 0 radical (unpaired) electrons. The molecule has 1 aromatic heterocycles. The molecule has 21 heavy (non-hydrogen) atoms. The van der Waals surface area contributed by atoms with Gasteiger partial charge in [0, 0.05) is 18.8 Å². The number of nitrogens with zero attached hydrogens (tertiary/aromatic N) is 1. The van der Waals surface area contributed by atoms with E-state index < -0.39 is 5.97 Å². The van der Waals surface area contributed by atoms with Crippen LogP contribution in [0.25, 0.3) is 6.08 Å². The minimum absolute atomic E-state index is 0.0826. The third-order valence-corrected chi connectivity index (χ3v) is 2.69. The number of hydrogen-bond acceptors (Lipinski definition) is 4. The SMILES string of the molecule is CCOC(=O)/C(=C\c1cncc(C)c1)C(=O)CC(C)(C)C. The zero-order valence-corrected chi connectivity index (χ0v) is 13.4. The zero-order chi connectivity index (χ0) is 16.0. The number of hydrogen-bond donors (Lipinski definition) is 0. The van der Waals surface area contributed by atoms with Gasteiger partial charge in [-0.15, -0.1) is 0 Å². The lowest BCUT2D eigenvalue weighted by atomic mass is 9.87. The van der Waals surface area contributed by atoms with Gasteiger partial charge in [0.25, 0.3) is 0 Å². The highest BCUT2D eigenvalue weighted by atomic mass is 16.5. The van der Waals surface area contributed by atoms with E-state index in [2.05, 4.69) is 4.98 Å². The fraction of sp³-hybridized carbons (Fsp3) is 0.471. The van der Waals surface area contributed by atoms with Crippen LogP contribution in [0, 0.1) is 12.3 Å². The molecule has 0 aromatic carbocycles. The monoisotopic (exact) mass is 289 g/mol. The minimum atomic E-state index is -0.576. The van der Waals surface area contributed by atoms with Crippen LogP contribution in [0.15, 0.2) is 24.0 Å². The smallest absolute Gasteiger partial charge is 0.341 e. The summed E-state index contributed by atoms with van der Waals surface area (Å²) in [6, 6.07) is 1.87. The van der Waals surface area contributed by atoms with Crippen molar-refractivity contribution in [2.75, 3.05) is 6.61 Å². The second-order valence-electron chi connectivity index (χ2n) is 6.23. The molecule has 0 saturated heterocycles. The average molecular weight is 289 g/mol. The van der Waals surface area contributed by atoms with E-state index in [1.807, 2.05) is 33.8 Å². The van der Waals surface area contributed by atoms with Crippen molar-refractivity contribution in [2.45, 2.75) is 41.0 Å². The number of rotatable bonds is 5. The highest BCUT2D eigenvalue weighted by Crippen LogP contribution is 2.22. The van der Waals surface area contributed by atoms with Crippen molar-refractivity contribution < 1.29 is 14.3 Å². The molecule has 0 N–H and O–H groups in total. The van der Waals surface area contributed by atoms with E-state index in [1.54, 1.807) is 25.4 Å². The molecule has 1 rings (SSSR count). The third-order valence-electron chi connectivity index (χ3n) is 2.69. The van der Waals surface area contributed by atoms with Crippen LogP contribution in [0.1, 0.15) is 45.2 Å². The first-order valence-corrected chi connectivity index (χ1v) is 7.06. The molecule has 1 heterocycles. The summed E-state index contributed by atoms with van der Waals surface area (Å²) < 4.78 is 4.99. The van der Waals surface area contributed by atoms with Gasteiger partial charge >= 0.3 is 5.97 Å². The number of aromatic nitrogens is 1. The van der Waals surface area contributed by atoms with Crippen LogP contribution < -0.4 is 0 Å². The van der Waals surface area contributed by atoms with Gasteiger partial charge in [0.15, 0.2) is 5.78 Å². The molecule has 4 nitrogen and oxygen atoms in total. The molecule has 0 amide bonds. The summed E-state index contributed by atoms with van der Waals surface area (Å²) in [7, 11) is 0. The maximum Gasteiger partial charge on any atom is 0.341 e. The van der Waals surface area contributed by atoms with Gasteiger partial charge in [-0.3, -0.25) is 9.78 Å². The minimum Gasteiger partial charge on any atom is -0.462 e. The third kappa shape index (κ3) is 5.90. The molecule has 4 heteroatoms. The summed E-state index contributed by atoms with van der Waals surface area (Å²) in [5.41, 5.74) is 1.59. The van der Waals surface area contributed by atoms with Gasteiger partial charge in [0.2, 0.25) is 0 Å². The Balaban J connectivity index is 3.13. The maximum atomic E-state index is 12.4. The number of Topliss-reactive ketones (excluding diaryl/α,β-unsaturated/α-hetero) is 1. The van der Waals surface area contributed by atoms with Crippen molar-refractivity contribution in [1.29, 1.82) is 0 Å². The first-order chi connectivity index (χ1) is 9.73. The second kappa shape index (κ2) is 7.16. The number of esters is 1. The van der Waals surface area contributed by atoms with Crippen molar-refractivity contribution in [3.05, 3.63) is 35.2 Å². The molecule has 0 spiro atoms. The Hall–Kier alpha value is -1.97. The average Bonchev–Trinajstić information content (AvgIpc) is 2.34. The molecule has 0 saturated carbocycles. The molecule has 0 atom stereocenters. The highest BCUT2D eigenvalue weighted by Gasteiger charge is 2.24. The first kappa shape index (κ1) is 17.1. The standard InChI is InChI=1S/C17H23NO3/c1-6-21-16(20)14(15(19)9-17(3,4)5)8-13-7-12(2)10-18-11-13/h7-8,10-11H,6,9H2,1-5H3/b14-8-. The zero-order valence-electron chi connectivity index (χ0n) is 13.4. The summed E-state index contributed by atoms with van der Waals surface area (Å²) in [6.07, 6.45) is 5.19. The number of ether oxygens (including phenoxy) is 1. The summed E-state index contributed by atoms with van der Waals surface area (Å²) in [4.78, 5) is 28.5. The number of pyridine rings is 1. The molecule has 0 aliphatic heterocycles. The lowest BCUT2D eigenvalue weighted by molar-refractivity contribution is -0.140. The lowest BCUT2D eigenvalue weighted by Crippen LogP contribution is -2.20. The number of ketones is 1. The molecule has 114 valence electrons. The Morgan fingerprint density at radius 1 is 1.29 bits per heavy atom. The van der Waals surface area contributed by atoms with Crippen LogP contribution in [-0.4, -0.2) is 23.3 Å². The quantitative estimate of drug-likeness (QED) is 0.361. The van der Waals surface area contributed by atoms with E-state index >= 15 is 0 Å². The van der Waals surface area contributed by atoms with E-state index in [-0.39, 0.29) is 29.8 Å². The van der Waals surface area contributed by atoms with Gasteiger partial charge in [-0.1, -0.05) is 20.8 Å². The Labute approximate surface area is 126 Å². The molecule has 0 fully saturated rings. The van der Waals surface area contributed by atoms with Gasteiger partial charge in [-0.05, 0) is 42.5 Å². The van der Waals surface area contributed by atoms with Gasteiger partial charge in [0.1, 0.15) is 5.57 Å². The fourth-order valence-corrected chi connectivity index (χ4v) is 1.86. The van der Waals surface area contributed by atoms with E-state index in [9.17, 15) is 9.59 Å². The van der Waals surface area contributed by atoms with Crippen LogP contribution in [-0.2, 0) is 14.3 Å². The van der Waals surface area contributed by atoms with Crippen LogP contribution >= 0.6 is 0 Å². The molecular formula is C17H23NO3. The predicted octanol–water partition coefficient (Wildman–Crippen LogP) is 3.34. The van der Waals surface area contributed by atoms with Crippen molar-refractivity contribution >= 4 is 17.8 Å². The molecule has 1 aromatic rings. The number of aryl methyl sites for hydroxylation is 1. The molecule has 0 aliphatic rings. The van der Waals surface area contributed by atoms with E-state index in [4.69, 9.17) is 4.74 Å². The maximum absolute atomic E-state index is 12.4. The fourth-order valence-electron chi connectivity index (χ4n) is 1.86.